The number of hydrogen-bond acceptors (Lipinski definition) is 3. The van der Waals surface area contributed by atoms with E-state index >= 15 is 0 Å². The fourth-order valence-electron chi connectivity index (χ4n) is 1.23. The van der Waals surface area contributed by atoms with E-state index in [0.29, 0.717) is 17.0 Å². The highest BCUT2D eigenvalue weighted by molar-refractivity contribution is 6.31. The summed E-state index contributed by atoms with van der Waals surface area (Å²) >= 11 is 6.00. The molecule has 0 bridgehead atoms. The molecule has 1 unspecified atom stereocenters. The first kappa shape index (κ1) is 8.78. The lowest BCUT2D eigenvalue weighted by Gasteiger charge is -2.06. The molecular formula is C9H10ClNO2. The molecule has 0 amide bonds. The van der Waals surface area contributed by atoms with E-state index in [2.05, 4.69) is 4.98 Å². The van der Waals surface area contributed by atoms with Crippen LogP contribution in [0, 0.1) is 0 Å². The fraction of sp³-hybridized carbons (Fsp3) is 0.444. The molecule has 3 nitrogen and oxygen atoms in total. The Morgan fingerprint density at radius 3 is 3.15 bits per heavy atom. The lowest BCUT2D eigenvalue weighted by molar-refractivity contribution is 0.380. The van der Waals surface area contributed by atoms with Crippen LogP contribution >= 0.6 is 11.6 Å². The molecule has 70 valence electrons. The van der Waals surface area contributed by atoms with Crippen LogP contribution < -0.4 is 4.74 Å². The van der Waals surface area contributed by atoms with Gasteiger partial charge in [0.15, 0.2) is 0 Å². The third-order valence-corrected chi connectivity index (χ3v) is 2.34. The average Bonchev–Trinajstić information content (AvgIpc) is 2.92. The number of methoxy groups -OCH3 is 1. The summed E-state index contributed by atoms with van der Waals surface area (Å²) in [5, 5.41) is 0.697. The molecule has 2 heterocycles. The van der Waals surface area contributed by atoms with Crippen molar-refractivity contribution in [1.82, 2.24) is 4.98 Å². The summed E-state index contributed by atoms with van der Waals surface area (Å²) in [6, 6.07) is 1.77. The van der Waals surface area contributed by atoms with Crippen molar-refractivity contribution in [2.45, 2.75) is 12.5 Å². The normalized spacial score (nSPS) is 20.0. The van der Waals surface area contributed by atoms with Crippen molar-refractivity contribution in [3.05, 3.63) is 22.8 Å². The molecular weight excluding hydrogens is 190 g/mol. The zero-order valence-corrected chi connectivity index (χ0v) is 8.04. The van der Waals surface area contributed by atoms with Crippen molar-refractivity contribution in [3.8, 4) is 5.88 Å². The van der Waals surface area contributed by atoms with Gasteiger partial charge >= 0.3 is 0 Å². The van der Waals surface area contributed by atoms with E-state index in [-0.39, 0.29) is 0 Å². The molecule has 1 aliphatic rings. The smallest absolute Gasteiger partial charge is 0.217 e. The summed E-state index contributed by atoms with van der Waals surface area (Å²) in [4.78, 5) is 4.08. The van der Waals surface area contributed by atoms with Crippen LogP contribution in [0.4, 0.5) is 0 Å². The summed E-state index contributed by atoms with van der Waals surface area (Å²) in [6.45, 7) is 0.814. The molecule has 0 saturated carbocycles. The van der Waals surface area contributed by atoms with Gasteiger partial charge in [-0.1, -0.05) is 11.6 Å². The molecule has 0 N–H and O–H groups in total. The number of aromatic nitrogens is 1. The minimum atomic E-state index is 0.301. The second-order valence-electron chi connectivity index (χ2n) is 2.94. The van der Waals surface area contributed by atoms with Gasteiger partial charge in [0.25, 0.3) is 0 Å². The van der Waals surface area contributed by atoms with Gasteiger partial charge in [-0.25, -0.2) is 4.98 Å². The number of hydrogen-bond donors (Lipinski definition) is 0. The molecule has 4 heteroatoms. The minimum Gasteiger partial charge on any atom is -0.481 e. The number of rotatable bonds is 3. The van der Waals surface area contributed by atoms with E-state index in [0.717, 1.165) is 18.6 Å². The highest BCUT2D eigenvalue weighted by atomic mass is 35.5. The van der Waals surface area contributed by atoms with Gasteiger partial charge in [0, 0.05) is 18.2 Å². The largest absolute Gasteiger partial charge is 0.481 e. The number of halogens is 1. The Kier molecular flexibility index (Phi) is 2.38. The number of epoxide rings is 1. The molecule has 1 aromatic heterocycles. The lowest BCUT2D eigenvalue weighted by Crippen LogP contribution is -2.00. The second kappa shape index (κ2) is 3.52. The quantitative estimate of drug-likeness (QED) is 0.695. The van der Waals surface area contributed by atoms with E-state index in [1.807, 2.05) is 0 Å². The number of ether oxygens (including phenoxy) is 2. The maximum absolute atomic E-state index is 6.00. The highest BCUT2D eigenvalue weighted by Crippen LogP contribution is 2.28. The van der Waals surface area contributed by atoms with Gasteiger partial charge in [-0.05, 0) is 6.07 Å². The van der Waals surface area contributed by atoms with Crippen LogP contribution in [-0.2, 0) is 11.2 Å². The summed E-state index contributed by atoms with van der Waals surface area (Å²) in [5.41, 5.74) is 0.939. The third kappa shape index (κ3) is 1.92. The van der Waals surface area contributed by atoms with Crippen LogP contribution in [0.25, 0.3) is 0 Å². The topological polar surface area (TPSA) is 34.6 Å². The van der Waals surface area contributed by atoms with Gasteiger partial charge < -0.3 is 9.47 Å². The highest BCUT2D eigenvalue weighted by Gasteiger charge is 2.25. The zero-order valence-electron chi connectivity index (χ0n) is 7.29. The van der Waals surface area contributed by atoms with Crippen LogP contribution in [0.5, 0.6) is 5.88 Å². The molecule has 13 heavy (non-hydrogen) atoms. The van der Waals surface area contributed by atoms with E-state index in [1.54, 1.807) is 19.4 Å². The van der Waals surface area contributed by atoms with Crippen LogP contribution in [-0.4, -0.2) is 24.8 Å². The van der Waals surface area contributed by atoms with Crippen LogP contribution in [0.3, 0.4) is 0 Å². The molecule has 1 fully saturated rings. The van der Waals surface area contributed by atoms with E-state index in [1.165, 1.54) is 0 Å². The Morgan fingerprint density at radius 1 is 1.77 bits per heavy atom. The molecule has 1 atom stereocenters. The third-order valence-electron chi connectivity index (χ3n) is 1.99. The van der Waals surface area contributed by atoms with Crippen molar-refractivity contribution in [2.24, 2.45) is 0 Å². The van der Waals surface area contributed by atoms with E-state index < -0.39 is 0 Å². The monoisotopic (exact) mass is 199 g/mol. The van der Waals surface area contributed by atoms with Crippen LogP contribution in [0.2, 0.25) is 5.02 Å². The predicted molar refractivity (Wildman–Crippen MR) is 49.2 cm³/mol. The van der Waals surface area contributed by atoms with Crippen molar-refractivity contribution in [3.63, 3.8) is 0 Å². The summed E-state index contributed by atoms with van der Waals surface area (Å²) in [6.07, 6.45) is 2.73. The van der Waals surface area contributed by atoms with Gasteiger partial charge in [0.05, 0.1) is 24.8 Å². The molecule has 0 spiro atoms. The first-order valence-electron chi connectivity index (χ1n) is 4.10. The Balaban J connectivity index is 2.27. The maximum atomic E-state index is 6.00. The van der Waals surface area contributed by atoms with Crippen molar-refractivity contribution < 1.29 is 9.47 Å². The van der Waals surface area contributed by atoms with Crippen molar-refractivity contribution >= 4 is 11.6 Å². The molecule has 1 aliphatic heterocycles. The molecule has 1 aromatic rings. The zero-order chi connectivity index (χ0) is 9.26. The Morgan fingerprint density at radius 2 is 2.54 bits per heavy atom. The lowest BCUT2D eigenvalue weighted by atomic mass is 10.1. The fourth-order valence-corrected chi connectivity index (χ4v) is 1.44. The van der Waals surface area contributed by atoms with Gasteiger partial charge in [-0.15, -0.1) is 0 Å². The van der Waals surface area contributed by atoms with Crippen LogP contribution in [0.15, 0.2) is 12.3 Å². The summed E-state index contributed by atoms with van der Waals surface area (Å²) < 4.78 is 10.2. The van der Waals surface area contributed by atoms with E-state index in [9.17, 15) is 0 Å². The van der Waals surface area contributed by atoms with Crippen LogP contribution in [0.1, 0.15) is 5.56 Å². The Bertz CT molecular complexity index is 312. The van der Waals surface area contributed by atoms with E-state index in [4.69, 9.17) is 21.1 Å². The maximum Gasteiger partial charge on any atom is 0.217 e. The average molecular weight is 200 g/mol. The summed E-state index contributed by atoms with van der Waals surface area (Å²) in [7, 11) is 1.59. The van der Waals surface area contributed by atoms with Gasteiger partial charge in [-0.3, -0.25) is 0 Å². The minimum absolute atomic E-state index is 0.301. The SMILES string of the molecule is COc1nccc(Cl)c1CC1CO1. The Hall–Kier alpha value is -0.800. The first-order chi connectivity index (χ1) is 6.31. The van der Waals surface area contributed by atoms with Gasteiger partial charge in [-0.2, -0.15) is 0 Å². The molecule has 1 saturated heterocycles. The number of pyridine rings is 1. The predicted octanol–water partition coefficient (Wildman–Crippen LogP) is 1.68. The second-order valence-corrected chi connectivity index (χ2v) is 3.35. The molecule has 0 radical (unpaired) electrons. The van der Waals surface area contributed by atoms with Crippen molar-refractivity contribution in [2.75, 3.05) is 13.7 Å². The standard InChI is InChI=1S/C9H10ClNO2/c1-12-9-7(4-6-5-13-6)8(10)2-3-11-9/h2-3,6H,4-5H2,1H3. The van der Waals surface area contributed by atoms with Gasteiger partial charge in [0.1, 0.15) is 0 Å². The first-order valence-corrected chi connectivity index (χ1v) is 4.48. The molecule has 0 aromatic carbocycles. The Labute approximate surface area is 81.6 Å². The van der Waals surface area contributed by atoms with Crippen molar-refractivity contribution in [1.29, 1.82) is 0 Å². The number of nitrogens with zero attached hydrogens (tertiary/aromatic N) is 1. The summed E-state index contributed by atoms with van der Waals surface area (Å²) in [5.74, 6) is 0.600. The molecule has 2 rings (SSSR count). The molecule has 0 aliphatic carbocycles. The van der Waals surface area contributed by atoms with Gasteiger partial charge in [0.2, 0.25) is 5.88 Å².